The van der Waals surface area contributed by atoms with Gasteiger partial charge in [0.25, 0.3) is 5.91 Å². The van der Waals surface area contributed by atoms with E-state index in [9.17, 15) is 14.0 Å². The highest BCUT2D eigenvalue weighted by Gasteiger charge is 2.39. The van der Waals surface area contributed by atoms with Crippen LogP contribution >= 0.6 is 0 Å². The molecule has 1 fully saturated rings. The lowest BCUT2D eigenvalue weighted by molar-refractivity contribution is 0.0644. The maximum absolute atomic E-state index is 13.7. The summed E-state index contributed by atoms with van der Waals surface area (Å²) in [5.74, 6) is -0.407. The van der Waals surface area contributed by atoms with Crippen molar-refractivity contribution in [3.8, 4) is 5.88 Å². The van der Waals surface area contributed by atoms with Crippen LogP contribution in [0.4, 0.5) is 4.39 Å². The van der Waals surface area contributed by atoms with Crippen LogP contribution in [0.15, 0.2) is 54.9 Å². The third-order valence-corrected chi connectivity index (χ3v) is 6.65. The van der Waals surface area contributed by atoms with E-state index in [0.717, 1.165) is 10.8 Å². The van der Waals surface area contributed by atoms with E-state index < -0.39 is 5.54 Å². The molecule has 4 aromatic rings. The molecule has 0 spiro atoms. The van der Waals surface area contributed by atoms with E-state index >= 15 is 0 Å². The first-order valence-corrected chi connectivity index (χ1v) is 11.9. The van der Waals surface area contributed by atoms with Crippen molar-refractivity contribution in [3.05, 3.63) is 83.3 Å². The van der Waals surface area contributed by atoms with E-state index in [2.05, 4.69) is 15.1 Å². The van der Waals surface area contributed by atoms with Gasteiger partial charge in [0.2, 0.25) is 17.5 Å². The van der Waals surface area contributed by atoms with Gasteiger partial charge in [-0.3, -0.25) is 14.6 Å². The predicted octanol–water partition coefficient (Wildman–Crippen LogP) is 3.39. The van der Waals surface area contributed by atoms with Gasteiger partial charge in [-0.2, -0.15) is 4.79 Å². The number of ether oxygens (including phenoxy) is 1. The van der Waals surface area contributed by atoms with Crippen LogP contribution < -0.4 is 9.75 Å². The molecule has 37 heavy (non-hydrogen) atoms. The van der Waals surface area contributed by atoms with Gasteiger partial charge in [-0.15, -0.1) is 5.10 Å². The van der Waals surface area contributed by atoms with Crippen LogP contribution in [0, 0.1) is 12.7 Å². The van der Waals surface area contributed by atoms with E-state index in [-0.39, 0.29) is 23.3 Å². The largest absolute Gasteiger partial charge is 0.481 e. The molecule has 5 rings (SSSR count). The maximum Gasteiger partial charge on any atom is 0.272 e. The third-order valence-electron chi connectivity index (χ3n) is 6.65. The highest BCUT2D eigenvalue weighted by Crippen LogP contribution is 2.27. The second kappa shape index (κ2) is 9.27. The number of hydrogen-bond donors (Lipinski definition) is 0. The van der Waals surface area contributed by atoms with E-state index in [1.807, 2.05) is 43.1 Å². The summed E-state index contributed by atoms with van der Waals surface area (Å²) < 4.78 is 19.2. The van der Waals surface area contributed by atoms with Gasteiger partial charge in [0, 0.05) is 24.0 Å². The Morgan fingerprint density at radius 2 is 1.86 bits per heavy atom. The lowest BCUT2D eigenvalue weighted by Gasteiger charge is -2.47. The molecule has 0 atom stereocenters. The zero-order chi connectivity index (χ0) is 26.3. The molecule has 2 aromatic carbocycles. The number of halogens is 1. The van der Waals surface area contributed by atoms with Crippen molar-refractivity contribution in [2.45, 2.75) is 26.3 Å². The average Bonchev–Trinajstić information content (AvgIpc) is 3.37. The Morgan fingerprint density at radius 3 is 2.59 bits per heavy atom. The first-order chi connectivity index (χ1) is 17.7. The summed E-state index contributed by atoms with van der Waals surface area (Å²) in [5, 5.41) is 7.94. The number of carbonyl (C=O) groups excluding carboxylic acids is 2. The molecule has 0 aliphatic carbocycles. The molecule has 1 aliphatic heterocycles. The van der Waals surface area contributed by atoms with Crippen molar-refractivity contribution in [1.82, 2.24) is 24.8 Å². The standard InChI is InChI=1S/C27H27FN6O3/c1-17-13-19(9-10-21(17)28)23(35)24-29-16-30-34(24)33-12-11-32(15-27(33,2)3)26(36)22-14-18-7-5-6-8-20(18)25(31-22)37-4/h5-10,13-14,16H,11-12,15H2,1-4H3. The molecule has 2 aromatic heterocycles. The smallest absolute Gasteiger partial charge is 0.272 e. The van der Waals surface area contributed by atoms with Gasteiger partial charge >= 0.3 is 0 Å². The van der Waals surface area contributed by atoms with Gasteiger partial charge in [-0.1, -0.05) is 18.2 Å². The zero-order valence-electron chi connectivity index (χ0n) is 21.1. The minimum Gasteiger partial charge on any atom is -0.481 e. The number of aryl methyl sites for hydroxylation is 1. The highest BCUT2D eigenvalue weighted by atomic mass is 19.1. The number of pyridine rings is 1. The second-order valence-electron chi connectivity index (χ2n) is 9.67. The number of amides is 1. The Hall–Kier alpha value is -4.34. The van der Waals surface area contributed by atoms with Gasteiger partial charge in [0.05, 0.1) is 19.2 Å². The van der Waals surface area contributed by atoms with Crippen molar-refractivity contribution in [1.29, 1.82) is 0 Å². The van der Waals surface area contributed by atoms with Crippen molar-refractivity contribution in [2.75, 3.05) is 31.8 Å². The minimum atomic E-state index is -0.587. The minimum absolute atomic E-state index is 0.125. The lowest BCUT2D eigenvalue weighted by Crippen LogP contribution is -2.65. The molecular formula is C27H27FN6O3. The molecular weight excluding hydrogens is 475 g/mol. The van der Waals surface area contributed by atoms with Crippen molar-refractivity contribution >= 4 is 22.5 Å². The van der Waals surface area contributed by atoms with Crippen LogP contribution in [0.25, 0.3) is 10.8 Å². The quantitative estimate of drug-likeness (QED) is 0.386. The fraction of sp³-hybridized carbons (Fsp3) is 0.296. The van der Waals surface area contributed by atoms with Crippen LogP contribution in [0.1, 0.15) is 46.1 Å². The molecule has 9 nitrogen and oxygen atoms in total. The van der Waals surface area contributed by atoms with Crippen LogP contribution in [-0.4, -0.2) is 68.7 Å². The molecule has 0 unspecified atom stereocenters. The topological polar surface area (TPSA) is 93.4 Å². The summed E-state index contributed by atoms with van der Waals surface area (Å²) >= 11 is 0. The monoisotopic (exact) mass is 502 g/mol. The predicted molar refractivity (Wildman–Crippen MR) is 136 cm³/mol. The SMILES string of the molecule is COc1nc(C(=O)N2CCN(n3ncnc3C(=O)c3ccc(F)c(C)c3)C(C)(C)C2)cc2ccccc12. The van der Waals surface area contributed by atoms with Crippen LogP contribution in [-0.2, 0) is 0 Å². The number of ketones is 1. The number of fused-ring (bicyclic) bond motifs is 1. The van der Waals surface area contributed by atoms with E-state index in [1.54, 1.807) is 17.9 Å². The van der Waals surface area contributed by atoms with E-state index in [1.165, 1.54) is 36.4 Å². The Morgan fingerprint density at radius 1 is 1.08 bits per heavy atom. The van der Waals surface area contributed by atoms with Gasteiger partial charge < -0.3 is 9.64 Å². The van der Waals surface area contributed by atoms with Crippen LogP contribution in [0.2, 0.25) is 0 Å². The van der Waals surface area contributed by atoms with Crippen molar-refractivity contribution < 1.29 is 18.7 Å². The van der Waals surface area contributed by atoms with Crippen molar-refractivity contribution in [2.24, 2.45) is 0 Å². The maximum atomic E-state index is 13.7. The summed E-state index contributed by atoms with van der Waals surface area (Å²) in [6.07, 6.45) is 1.32. The molecule has 190 valence electrons. The Balaban J connectivity index is 1.39. The fourth-order valence-electron chi connectivity index (χ4n) is 4.74. The fourth-order valence-corrected chi connectivity index (χ4v) is 4.74. The molecule has 1 amide bonds. The zero-order valence-corrected chi connectivity index (χ0v) is 21.1. The number of methoxy groups -OCH3 is 1. The molecule has 0 radical (unpaired) electrons. The van der Waals surface area contributed by atoms with Gasteiger partial charge in [0.15, 0.2) is 0 Å². The Kier molecular flexibility index (Phi) is 6.10. The lowest BCUT2D eigenvalue weighted by atomic mass is 10.0. The van der Waals surface area contributed by atoms with Gasteiger partial charge in [-0.05, 0) is 62.1 Å². The summed E-state index contributed by atoms with van der Waals surface area (Å²) in [6, 6.07) is 13.6. The molecule has 3 heterocycles. The molecule has 10 heteroatoms. The van der Waals surface area contributed by atoms with E-state index in [4.69, 9.17) is 4.74 Å². The van der Waals surface area contributed by atoms with Gasteiger partial charge in [-0.25, -0.2) is 14.4 Å². The average molecular weight is 503 g/mol. The second-order valence-corrected chi connectivity index (χ2v) is 9.67. The van der Waals surface area contributed by atoms with Gasteiger partial charge in [0.1, 0.15) is 17.8 Å². The molecule has 1 saturated heterocycles. The summed E-state index contributed by atoms with van der Waals surface area (Å²) in [4.78, 5) is 38.6. The number of rotatable bonds is 5. The highest BCUT2D eigenvalue weighted by molar-refractivity contribution is 6.06. The number of carbonyl (C=O) groups is 2. The van der Waals surface area contributed by atoms with Crippen LogP contribution in [0.5, 0.6) is 5.88 Å². The number of benzene rings is 2. The summed E-state index contributed by atoms with van der Waals surface area (Å²) in [6.45, 7) is 6.72. The third kappa shape index (κ3) is 4.39. The molecule has 1 aliphatic rings. The van der Waals surface area contributed by atoms with Crippen molar-refractivity contribution in [3.63, 3.8) is 0 Å². The van der Waals surface area contributed by atoms with Crippen LogP contribution in [0.3, 0.4) is 0 Å². The molecule has 0 bridgehead atoms. The Labute approximate surface area is 213 Å². The molecule has 0 N–H and O–H groups in total. The Bertz CT molecular complexity index is 1520. The number of aromatic nitrogens is 4. The normalized spacial score (nSPS) is 15.2. The first kappa shape index (κ1) is 24.4. The first-order valence-electron chi connectivity index (χ1n) is 11.9. The number of nitrogens with zero attached hydrogens (tertiary/aromatic N) is 6. The number of piperazine rings is 1. The van der Waals surface area contributed by atoms with E-state index in [0.29, 0.717) is 42.3 Å². The molecule has 0 saturated carbocycles. The summed E-state index contributed by atoms with van der Waals surface area (Å²) in [5.41, 5.74) is 0.429. The number of hydrogen-bond acceptors (Lipinski definition) is 7. The summed E-state index contributed by atoms with van der Waals surface area (Å²) in [7, 11) is 1.54.